The fourth-order valence-corrected chi connectivity index (χ4v) is 2.93. The van der Waals surface area contributed by atoms with Gasteiger partial charge in [-0.05, 0) is 24.3 Å². The number of esters is 3. The topological polar surface area (TPSA) is 96.7 Å². The zero-order valence-corrected chi connectivity index (χ0v) is 16.3. The largest absolute Gasteiger partial charge is 0.465 e. The number of benzene rings is 2. The summed E-state index contributed by atoms with van der Waals surface area (Å²) in [6.45, 7) is 0. The summed E-state index contributed by atoms with van der Waals surface area (Å²) in [4.78, 5) is 37.0. The maximum Gasteiger partial charge on any atom is 0.357 e. The molecule has 0 aliphatic rings. The van der Waals surface area contributed by atoms with Gasteiger partial charge in [0.1, 0.15) is 17.1 Å². The molecule has 0 spiro atoms. The normalized spacial score (nSPS) is 10.4. The van der Waals surface area contributed by atoms with Crippen LogP contribution in [-0.4, -0.2) is 49.0 Å². The van der Waals surface area contributed by atoms with E-state index in [1.165, 1.54) is 18.2 Å². The summed E-state index contributed by atoms with van der Waals surface area (Å²) < 4.78 is 30.5. The van der Waals surface area contributed by atoms with Crippen LogP contribution in [0.25, 0.3) is 16.9 Å². The van der Waals surface area contributed by atoms with Gasteiger partial charge in [-0.1, -0.05) is 24.3 Å². The Balaban J connectivity index is 2.39. The van der Waals surface area contributed by atoms with E-state index < -0.39 is 23.7 Å². The standard InChI is InChI=1S/C21H17FN2O6/c1-28-19(25)14-11-7-10-13(16(14)22)17-15(20(26)29-2)18(21(27)30-3)24(23-17)12-8-5-4-6-9-12/h4-11H,1-3H3. The Morgan fingerprint density at radius 3 is 2.07 bits per heavy atom. The molecule has 0 bridgehead atoms. The van der Waals surface area contributed by atoms with Gasteiger partial charge in [0.05, 0.1) is 32.6 Å². The number of halogens is 1. The molecule has 3 aromatic rings. The average Bonchev–Trinajstić information content (AvgIpc) is 3.18. The van der Waals surface area contributed by atoms with Crippen molar-refractivity contribution in [3.05, 3.63) is 71.2 Å². The van der Waals surface area contributed by atoms with Crippen LogP contribution in [0.4, 0.5) is 4.39 Å². The molecular weight excluding hydrogens is 395 g/mol. The number of nitrogens with zero attached hydrogens (tertiary/aromatic N) is 2. The molecule has 8 nitrogen and oxygen atoms in total. The lowest BCUT2D eigenvalue weighted by atomic mass is 10.0. The monoisotopic (exact) mass is 412 g/mol. The lowest BCUT2D eigenvalue weighted by Crippen LogP contribution is -2.15. The van der Waals surface area contributed by atoms with Gasteiger partial charge < -0.3 is 14.2 Å². The Bertz CT molecular complexity index is 1120. The molecule has 0 N–H and O–H groups in total. The van der Waals surface area contributed by atoms with Crippen molar-refractivity contribution < 1.29 is 33.0 Å². The molecule has 0 unspecified atom stereocenters. The number of carbonyl (C=O) groups excluding carboxylic acids is 3. The van der Waals surface area contributed by atoms with Crippen molar-refractivity contribution in [3.8, 4) is 16.9 Å². The molecule has 0 fully saturated rings. The minimum Gasteiger partial charge on any atom is -0.465 e. The molecule has 1 aromatic heterocycles. The first kappa shape index (κ1) is 20.7. The molecule has 3 rings (SSSR count). The summed E-state index contributed by atoms with van der Waals surface area (Å²) in [6.07, 6.45) is 0. The summed E-state index contributed by atoms with van der Waals surface area (Å²) in [5.41, 5.74) is -0.825. The summed E-state index contributed by atoms with van der Waals surface area (Å²) in [5, 5.41) is 4.30. The van der Waals surface area contributed by atoms with Crippen LogP contribution in [0.2, 0.25) is 0 Å². The Kier molecular flexibility index (Phi) is 5.91. The Morgan fingerprint density at radius 1 is 0.833 bits per heavy atom. The van der Waals surface area contributed by atoms with E-state index >= 15 is 4.39 Å². The van der Waals surface area contributed by atoms with Gasteiger partial charge >= 0.3 is 17.9 Å². The minimum atomic E-state index is -0.955. The zero-order valence-electron chi connectivity index (χ0n) is 16.3. The van der Waals surface area contributed by atoms with Crippen LogP contribution >= 0.6 is 0 Å². The first-order valence-electron chi connectivity index (χ1n) is 8.66. The first-order valence-corrected chi connectivity index (χ1v) is 8.66. The van der Waals surface area contributed by atoms with Crippen LogP contribution in [0.3, 0.4) is 0 Å². The van der Waals surface area contributed by atoms with Crippen molar-refractivity contribution >= 4 is 17.9 Å². The van der Waals surface area contributed by atoms with Crippen molar-refractivity contribution in [2.75, 3.05) is 21.3 Å². The molecule has 0 saturated carbocycles. The Hall–Kier alpha value is -4.01. The molecule has 9 heteroatoms. The predicted octanol–water partition coefficient (Wildman–Crippen LogP) is 3.04. The number of rotatable bonds is 5. The summed E-state index contributed by atoms with van der Waals surface area (Å²) in [7, 11) is 3.38. The van der Waals surface area contributed by atoms with Crippen LogP contribution < -0.4 is 0 Å². The van der Waals surface area contributed by atoms with Crippen LogP contribution in [0, 0.1) is 5.82 Å². The molecule has 0 radical (unpaired) electrons. The fourth-order valence-electron chi connectivity index (χ4n) is 2.93. The van der Waals surface area contributed by atoms with Crippen LogP contribution in [0.1, 0.15) is 31.2 Å². The number of para-hydroxylation sites is 1. The lowest BCUT2D eigenvalue weighted by molar-refractivity contribution is 0.0549. The molecule has 0 saturated heterocycles. The zero-order chi connectivity index (χ0) is 21.8. The second-order valence-electron chi connectivity index (χ2n) is 5.96. The highest BCUT2D eigenvalue weighted by Crippen LogP contribution is 2.32. The number of aromatic nitrogens is 2. The van der Waals surface area contributed by atoms with Gasteiger partial charge in [-0.3, -0.25) is 0 Å². The second-order valence-corrected chi connectivity index (χ2v) is 5.96. The highest BCUT2D eigenvalue weighted by molar-refractivity contribution is 6.07. The SMILES string of the molecule is COC(=O)c1cccc(-c2nn(-c3ccccc3)c(C(=O)OC)c2C(=O)OC)c1F. The summed E-state index contributed by atoms with van der Waals surface area (Å²) >= 11 is 0. The molecule has 154 valence electrons. The molecule has 30 heavy (non-hydrogen) atoms. The quantitative estimate of drug-likeness (QED) is 0.469. The van der Waals surface area contributed by atoms with E-state index in [9.17, 15) is 14.4 Å². The van der Waals surface area contributed by atoms with E-state index in [4.69, 9.17) is 9.47 Å². The van der Waals surface area contributed by atoms with E-state index in [0.29, 0.717) is 5.69 Å². The average molecular weight is 412 g/mol. The molecular formula is C21H17FN2O6. The summed E-state index contributed by atoms with van der Waals surface area (Å²) in [5.74, 6) is -3.65. The number of carbonyl (C=O) groups is 3. The smallest absolute Gasteiger partial charge is 0.357 e. The third-order valence-corrected chi connectivity index (χ3v) is 4.31. The van der Waals surface area contributed by atoms with E-state index in [1.54, 1.807) is 30.3 Å². The van der Waals surface area contributed by atoms with Crippen molar-refractivity contribution in [1.29, 1.82) is 0 Å². The highest BCUT2D eigenvalue weighted by Gasteiger charge is 2.33. The van der Waals surface area contributed by atoms with Crippen LogP contribution in [0.15, 0.2) is 48.5 Å². The van der Waals surface area contributed by atoms with Crippen molar-refractivity contribution in [2.45, 2.75) is 0 Å². The second kappa shape index (κ2) is 8.56. The Morgan fingerprint density at radius 2 is 1.47 bits per heavy atom. The number of ether oxygens (including phenoxy) is 3. The van der Waals surface area contributed by atoms with E-state index in [-0.39, 0.29) is 28.1 Å². The first-order chi connectivity index (χ1) is 14.4. The predicted molar refractivity (Wildman–Crippen MR) is 103 cm³/mol. The molecule has 2 aromatic carbocycles. The minimum absolute atomic E-state index is 0.182. The molecule has 0 atom stereocenters. The maximum atomic E-state index is 15.2. The van der Waals surface area contributed by atoms with Gasteiger partial charge in [0, 0.05) is 5.56 Å². The molecule has 0 aliphatic heterocycles. The number of hydrogen-bond donors (Lipinski definition) is 0. The third kappa shape index (κ3) is 3.52. The maximum absolute atomic E-state index is 15.2. The molecule has 0 amide bonds. The van der Waals surface area contributed by atoms with E-state index in [2.05, 4.69) is 9.84 Å². The fraction of sp³-hybridized carbons (Fsp3) is 0.143. The highest BCUT2D eigenvalue weighted by atomic mass is 19.1. The number of hydrogen-bond acceptors (Lipinski definition) is 7. The van der Waals surface area contributed by atoms with Gasteiger partial charge in [0.15, 0.2) is 5.69 Å². The summed E-state index contributed by atoms with van der Waals surface area (Å²) in [6, 6.07) is 12.4. The molecule has 1 heterocycles. The van der Waals surface area contributed by atoms with Gasteiger partial charge in [-0.15, -0.1) is 0 Å². The van der Waals surface area contributed by atoms with Gasteiger partial charge in [-0.2, -0.15) is 5.10 Å². The van der Waals surface area contributed by atoms with E-state index in [1.807, 2.05) is 0 Å². The van der Waals surface area contributed by atoms with Gasteiger partial charge in [0.2, 0.25) is 0 Å². The van der Waals surface area contributed by atoms with Gasteiger partial charge in [-0.25, -0.2) is 23.5 Å². The van der Waals surface area contributed by atoms with Crippen molar-refractivity contribution in [1.82, 2.24) is 9.78 Å². The third-order valence-electron chi connectivity index (χ3n) is 4.31. The van der Waals surface area contributed by atoms with E-state index in [0.717, 1.165) is 26.0 Å². The van der Waals surface area contributed by atoms with Crippen molar-refractivity contribution in [2.24, 2.45) is 0 Å². The Labute approximate surface area is 170 Å². The van der Waals surface area contributed by atoms with Crippen LogP contribution in [0.5, 0.6) is 0 Å². The van der Waals surface area contributed by atoms with Gasteiger partial charge in [0.25, 0.3) is 0 Å². The van der Waals surface area contributed by atoms with Crippen molar-refractivity contribution in [3.63, 3.8) is 0 Å². The van der Waals surface area contributed by atoms with Crippen LogP contribution in [-0.2, 0) is 14.2 Å². The number of methoxy groups -OCH3 is 3. The molecule has 0 aliphatic carbocycles. The lowest BCUT2D eigenvalue weighted by Gasteiger charge is -2.07.